The summed E-state index contributed by atoms with van der Waals surface area (Å²) in [6.45, 7) is 0. The highest BCUT2D eigenvalue weighted by atomic mass is 127. The molecule has 0 bridgehead atoms. The van der Waals surface area contributed by atoms with Gasteiger partial charge < -0.3 is 11.1 Å². The molecule has 0 unspecified atom stereocenters. The van der Waals surface area contributed by atoms with E-state index in [-0.39, 0.29) is 5.91 Å². The molecule has 0 atom stereocenters. The van der Waals surface area contributed by atoms with Gasteiger partial charge in [-0.3, -0.25) is 4.79 Å². The van der Waals surface area contributed by atoms with Gasteiger partial charge in [-0.05, 0) is 53.6 Å². The Morgan fingerprint density at radius 2 is 1.81 bits per heavy atom. The number of rotatable bonds is 3. The molecule has 0 heterocycles. The average Bonchev–Trinajstić information content (AvgIpc) is 2.41. The number of carbonyl (C=O) groups is 1. The zero-order valence-corrected chi connectivity index (χ0v) is 15.0. The fourth-order valence-electron chi connectivity index (χ4n) is 2.86. The van der Waals surface area contributed by atoms with Crippen LogP contribution in [0.1, 0.15) is 55.3 Å². The van der Waals surface area contributed by atoms with Gasteiger partial charge in [0, 0.05) is 9.13 Å². The predicted molar refractivity (Wildman–Crippen MR) is 98.5 cm³/mol. The van der Waals surface area contributed by atoms with E-state index in [1.807, 2.05) is 24.3 Å². The second-order valence-electron chi connectivity index (χ2n) is 5.68. The Kier molecular flexibility index (Phi) is 5.98. The van der Waals surface area contributed by atoms with Gasteiger partial charge in [0.25, 0.3) is 5.91 Å². The van der Waals surface area contributed by atoms with E-state index in [4.69, 9.17) is 18.0 Å². The van der Waals surface area contributed by atoms with E-state index >= 15 is 0 Å². The van der Waals surface area contributed by atoms with Crippen LogP contribution < -0.4 is 11.1 Å². The fourth-order valence-corrected chi connectivity index (χ4v) is 3.66. The smallest absolute Gasteiger partial charge is 0.252 e. The highest BCUT2D eigenvalue weighted by Crippen LogP contribution is 2.27. The molecular weight excluding hydrogens is 395 g/mol. The maximum Gasteiger partial charge on any atom is 0.252 e. The van der Waals surface area contributed by atoms with E-state index < -0.39 is 5.54 Å². The SMILES string of the molecule is NC(=S)C1(NC(=O)c2cccc(I)c2)CCCCCCC1. The summed E-state index contributed by atoms with van der Waals surface area (Å²) in [4.78, 5) is 13.0. The van der Waals surface area contributed by atoms with Crippen LogP contribution >= 0.6 is 34.8 Å². The molecule has 1 aromatic rings. The molecule has 3 nitrogen and oxygen atoms in total. The molecule has 0 aliphatic heterocycles. The van der Waals surface area contributed by atoms with E-state index in [9.17, 15) is 4.79 Å². The first-order chi connectivity index (χ1) is 10.0. The van der Waals surface area contributed by atoms with Gasteiger partial charge in [-0.15, -0.1) is 0 Å². The third-order valence-corrected chi connectivity index (χ3v) is 5.18. The first kappa shape index (κ1) is 16.7. The number of amides is 1. The number of nitrogens with two attached hydrogens (primary N) is 1. The van der Waals surface area contributed by atoms with Crippen molar-refractivity contribution in [3.63, 3.8) is 0 Å². The van der Waals surface area contributed by atoms with Crippen molar-refractivity contribution >= 4 is 45.7 Å². The summed E-state index contributed by atoms with van der Waals surface area (Å²) < 4.78 is 1.04. The molecule has 5 heteroatoms. The summed E-state index contributed by atoms with van der Waals surface area (Å²) in [5.41, 5.74) is 6.14. The molecule has 21 heavy (non-hydrogen) atoms. The molecule has 0 spiro atoms. The van der Waals surface area contributed by atoms with Crippen molar-refractivity contribution in [1.29, 1.82) is 0 Å². The molecule has 1 amide bonds. The zero-order valence-electron chi connectivity index (χ0n) is 12.0. The normalized spacial score (nSPS) is 18.3. The lowest BCUT2D eigenvalue weighted by Gasteiger charge is -2.35. The zero-order chi connectivity index (χ0) is 15.3. The number of hydrogen-bond donors (Lipinski definition) is 2. The van der Waals surface area contributed by atoms with Crippen molar-refractivity contribution in [3.8, 4) is 0 Å². The summed E-state index contributed by atoms with van der Waals surface area (Å²) in [6.07, 6.45) is 7.44. The maximum atomic E-state index is 12.5. The summed E-state index contributed by atoms with van der Waals surface area (Å²) in [6, 6.07) is 7.57. The quantitative estimate of drug-likeness (QED) is 0.583. The van der Waals surface area contributed by atoms with Gasteiger partial charge in [-0.2, -0.15) is 0 Å². The summed E-state index contributed by atoms with van der Waals surface area (Å²) in [7, 11) is 0. The summed E-state index contributed by atoms with van der Waals surface area (Å²) in [5, 5.41) is 3.13. The van der Waals surface area contributed by atoms with Gasteiger partial charge in [-0.25, -0.2) is 0 Å². The minimum absolute atomic E-state index is 0.0816. The molecule has 114 valence electrons. The Hall–Kier alpha value is -0.690. The van der Waals surface area contributed by atoms with Crippen LogP contribution in [0.3, 0.4) is 0 Å². The van der Waals surface area contributed by atoms with Gasteiger partial charge in [0.15, 0.2) is 0 Å². The van der Waals surface area contributed by atoms with Crippen LogP contribution in [0.25, 0.3) is 0 Å². The average molecular weight is 416 g/mol. The van der Waals surface area contributed by atoms with Crippen LogP contribution in [-0.2, 0) is 0 Å². The number of carbonyl (C=O) groups excluding carboxylic acids is 1. The second-order valence-corrected chi connectivity index (χ2v) is 7.36. The Labute approximate surface area is 145 Å². The van der Waals surface area contributed by atoms with E-state index in [0.29, 0.717) is 10.6 Å². The molecule has 0 radical (unpaired) electrons. The van der Waals surface area contributed by atoms with Crippen LogP contribution in [0.5, 0.6) is 0 Å². The summed E-state index contributed by atoms with van der Waals surface area (Å²) in [5.74, 6) is -0.0816. The number of hydrogen-bond acceptors (Lipinski definition) is 2. The monoisotopic (exact) mass is 416 g/mol. The minimum atomic E-state index is -0.520. The molecule has 1 fully saturated rings. The lowest BCUT2D eigenvalue weighted by atomic mass is 9.83. The summed E-state index contributed by atoms with van der Waals surface area (Å²) >= 11 is 7.50. The number of halogens is 1. The van der Waals surface area contributed by atoms with Crippen molar-refractivity contribution in [2.45, 2.75) is 50.5 Å². The Balaban J connectivity index is 2.18. The number of thiocarbonyl (C=S) groups is 1. The molecule has 1 aliphatic carbocycles. The van der Waals surface area contributed by atoms with Gasteiger partial charge in [-0.1, -0.05) is 50.4 Å². The van der Waals surface area contributed by atoms with Gasteiger partial charge in [0.05, 0.1) is 10.5 Å². The minimum Gasteiger partial charge on any atom is -0.391 e. The Bertz CT molecular complexity index is 525. The van der Waals surface area contributed by atoms with E-state index in [0.717, 1.165) is 29.3 Å². The van der Waals surface area contributed by atoms with E-state index in [1.54, 1.807) is 0 Å². The first-order valence-electron chi connectivity index (χ1n) is 7.41. The van der Waals surface area contributed by atoms with Crippen molar-refractivity contribution < 1.29 is 4.79 Å². The fraction of sp³-hybridized carbons (Fsp3) is 0.500. The molecule has 1 aromatic carbocycles. The van der Waals surface area contributed by atoms with E-state index in [2.05, 4.69) is 27.9 Å². The highest BCUT2D eigenvalue weighted by molar-refractivity contribution is 14.1. The van der Waals surface area contributed by atoms with E-state index in [1.165, 1.54) is 19.3 Å². The third kappa shape index (κ3) is 4.39. The number of nitrogens with one attached hydrogen (secondary N) is 1. The second kappa shape index (κ2) is 7.54. The van der Waals surface area contributed by atoms with Crippen LogP contribution in [0.15, 0.2) is 24.3 Å². The topological polar surface area (TPSA) is 55.1 Å². The van der Waals surface area contributed by atoms with Gasteiger partial charge in [0.2, 0.25) is 0 Å². The Morgan fingerprint density at radius 1 is 1.19 bits per heavy atom. The first-order valence-corrected chi connectivity index (χ1v) is 8.90. The predicted octanol–water partition coefficient (Wildman–Crippen LogP) is 3.79. The van der Waals surface area contributed by atoms with Crippen LogP contribution in [0, 0.1) is 3.57 Å². The van der Waals surface area contributed by atoms with Crippen molar-refractivity contribution in [3.05, 3.63) is 33.4 Å². The highest BCUT2D eigenvalue weighted by Gasteiger charge is 2.35. The standard InChI is InChI=1S/C16H21IN2OS/c17-13-8-6-7-12(11-13)14(20)19-16(15(18)21)9-4-2-1-3-5-10-16/h6-8,11H,1-5,9-10H2,(H2,18,21)(H,19,20). The lowest BCUT2D eigenvalue weighted by molar-refractivity contribution is 0.0913. The van der Waals surface area contributed by atoms with Crippen LogP contribution in [0.4, 0.5) is 0 Å². The van der Waals surface area contributed by atoms with Crippen molar-refractivity contribution in [2.24, 2.45) is 5.73 Å². The molecule has 0 saturated heterocycles. The molecule has 1 saturated carbocycles. The molecular formula is C16H21IN2OS. The Morgan fingerprint density at radius 3 is 2.38 bits per heavy atom. The lowest BCUT2D eigenvalue weighted by Crippen LogP contribution is -2.57. The molecule has 1 aliphatic rings. The number of benzene rings is 1. The van der Waals surface area contributed by atoms with Gasteiger partial charge in [0.1, 0.15) is 0 Å². The van der Waals surface area contributed by atoms with Gasteiger partial charge >= 0.3 is 0 Å². The third-order valence-electron chi connectivity index (χ3n) is 4.12. The molecule has 0 aromatic heterocycles. The molecule has 2 rings (SSSR count). The largest absolute Gasteiger partial charge is 0.391 e. The van der Waals surface area contributed by atoms with Crippen molar-refractivity contribution in [1.82, 2.24) is 5.32 Å². The van der Waals surface area contributed by atoms with Crippen LogP contribution in [0.2, 0.25) is 0 Å². The molecule has 3 N–H and O–H groups in total. The van der Waals surface area contributed by atoms with Crippen LogP contribution in [-0.4, -0.2) is 16.4 Å². The van der Waals surface area contributed by atoms with Crippen molar-refractivity contribution in [2.75, 3.05) is 0 Å². The maximum absolute atomic E-state index is 12.5.